The summed E-state index contributed by atoms with van der Waals surface area (Å²) in [5, 5.41) is 4.02. The lowest BCUT2D eigenvalue weighted by atomic mass is 9.89. The van der Waals surface area contributed by atoms with Crippen molar-refractivity contribution in [2.24, 2.45) is 5.41 Å². The number of carbonyl (C=O) groups is 1. The van der Waals surface area contributed by atoms with Crippen molar-refractivity contribution in [2.75, 3.05) is 0 Å². The largest absolute Gasteiger partial charge is 0.361 e. The van der Waals surface area contributed by atoms with Gasteiger partial charge >= 0.3 is 0 Å². The van der Waals surface area contributed by atoms with Crippen molar-refractivity contribution in [3.8, 4) is 0 Å². The van der Waals surface area contributed by atoms with Crippen LogP contribution in [0.3, 0.4) is 0 Å². The molecule has 0 spiro atoms. The molecule has 0 radical (unpaired) electrons. The Kier molecular flexibility index (Phi) is 4.36. The van der Waals surface area contributed by atoms with E-state index in [1.165, 1.54) is 0 Å². The van der Waals surface area contributed by atoms with Gasteiger partial charge in [0.25, 0.3) is 0 Å². The van der Waals surface area contributed by atoms with Crippen molar-refractivity contribution in [1.82, 2.24) is 5.16 Å². The van der Waals surface area contributed by atoms with Gasteiger partial charge in [-0.15, -0.1) is 0 Å². The molecule has 0 aliphatic rings. The number of ketones is 1. The van der Waals surface area contributed by atoms with Crippen LogP contribution in [-0.4, -0.2) is 10.9 Å². The monoisotopic (exact) mass is 251 g/mol. The molecule has 0 N–H and O–H groups in total. The predicted octanol–water partition coefficient (Wildman–Crippen LogP) is 3.91. The summed E-state index contributed by atoms with van der Waals surface area (Å²) in [7, 11) is 0. The molecular formula is C15H25NO2. The molecule has 0 unspecified atom stereocenters. The third-order valence-corrected chi connectivity index (χ3v) is 2.85. The molecule has 1 rings (SSSR count). The first kappa shape index (κ1) is 14.9. The first-order valence-electron chi connectivity index (χ1n) is 6.56. The number of rotatable bonds is 4. The van der Waals surface area contributed by atoms with E-state index in [9.17, 15) is 4.79 Å². The standard InChI is InChI=1S/C15H25NO2/c1-14(2,3)8-7-11(17)9-12-10-13(16-18-12)15(4,5)6/h10H,7-9H2,1-6H3. The average molecular weight is 251 g/mol. The van der Waals surface area contributed by atoms with Gasteiger partial charge in [-0.3, -0.25) is 4.79 Å². The Morgan fingerprint density at radius 1 is 1.22 bits per heavy atom. The highest BCUT2D eigenvalue weighted by atomic mass is 16.5. The fourth-order valence-corrected chi connectivity index (χ4v) is 1.55. The van der Waals surface area contributed by atoms with E-state index in [1.54, 1.807) is 0 Å². The van der Waals surface area contributed by atoms with Crippen LogP contribution in [0.4, 0.5) is 0 Å². The Morgan fingerprint density at radius 3 is 2.28 bits per heavy atom. The quantitative estimate of drug-likeness (QED) is 0.814. The summed E-state index contributed by atoms with van der Waals surface area (Å²) in [6.07, 6.45) is 1.88. The normalized spacial score (nSPS) is 12.8. The highest BCUT2D eigenvalue weighted by Gasteiger charge is 2.20. The maximum atomic E-state index is 11.8. The summed E-state index contributed by atoms with van der Waals surface area (Å²) in [4.78, 5) is 11.8. The van der Waals surface area contributed by atoms with Crippen LogP contribution in [0, 0.1) is 5.41 Å². The van der Waals surface area contributed by atoms with Gasteiger partial charge in [-0.2, -0.15) is 0 Å². The second-order valence-electron chi connectivity index (χ2n) is 7.20. The van der Waals surface area contributed by atoms with Gasteiger partial charge in [-0.1, -0.05) is 46.7 Å². The summed E-state index contributed by atoms with van der Waals surface area (Å²) in [6.45, 7) is 12.7. The second-order valence-corrected chi connectivity index (χ2v) is 7.20. The number of nitrogens with zero attached hydrogens (tertiary/aromatic N) is 1. The van der Waals surface area contributed by atoms with Gasteiger partial charge in [0.05, 0.1) is 12.1 Å². The third kappa shape index (κ3) is 5.03. The van der Waals surface area contributed by atoms with Gasteiger partial charge < -0.3 is 4.52 Å². The molecular weight excluding hydrogens is 226 g/mol. The molecule has 0 aliphatic carbocycles. The highest BCUT2D eigenvalue weighted by Crippen LogP contribution is 2.23. The van der Waals surface area contributed by atoms with E-state index in [0.717, 1.165) is 12.1 Å². The average Bonchev–Trinajstić information content (AvgIpc) is 2.61. The topological polar surface area (TPSA) is 43.1 Å². The van der Waals surface area contributed by atoms with Crippen LogP contribution >= 0.6 is 0 Å². The first-order chi connectivity index (χ1) is 8.08. The minimum atomic E-state index is -0.0315. The lowest BCUT2D eigenvalue weighted by Crippen LogP contribution is -2.11. The third-order valence-electron chi connectivity index (χ3n) is 2.85. The first-order valence-corrected chi connectivity index (χ1v) is 6.56. The molecule has 1 aromatic rings. The van der Waals surface area contributed by atoms with Gasteiger partial charge in [0.1, 0.15) is 11.5 Å². The van der Waals surface area contributed by atoms with Crippen LogP contribution in [0.5, 0.6) is 0 Å². The number of carbonyl (C=O) groups excluding carboxylic acids is 1. The van der Waals surface area contributed by atoms with Gasteiger partial charge in [-0.05, 0) is 11.8 Å². The van der Waals surface area contributed by atoms with E-state index in [2.05, 4.69) is 46.7 Å². The zero-order chi connectivity index (χ0) is 14.0. The molecule has 18 heavy (non-hydrogen) atoms. The lowest BCUT2D eigenvalue weighted by Gasteiger charge is -2.16. The Balaban J connectivity index is 2.53. The maximum Gasteiger partial charge on any atom is 0.144 e. The van der Waals surface area contributed by atoms with Crippen molar-refractivity contribution in [2.45, 2.75) is 66.2 Å². The molecule has 0 bridgehead atoms. The molecule has 0 atom stereocenters. The summed E-state index contributed by atoms with van der Waals surface area (Å²) in [5.41, 5.74) is 1.07. The predicted molar refractivity (Wildman–Crippen MR) is 72.6 cm³/mol. The van der Waals surface area contributed by atoms with Crippen LogP contribution in [0.2, 0.25) is 0 Å². The van der Waals surface area contributed by atoms with E-state index in [0.29, 0.717) is 18.6 Å². The molecule has 0 aromatic carbocycles. The van der Waals surface area contributed by atoms with E-state index in [1.807, 2.05) is 6.07 Å². The molecule has 3 heteroatoms. The van der Waals surface area contributed by atoms with Crippen LogP contribution in [0.1, 0.15) is 65.8 Å². The molecule has 0 fully saturated rings. The highest BCUT2D eigenvalue weighted by molar-refractivity contribution is 5.80. The number of hydrogen-bond acceptors (Lipinski definition) is 3. The van der Waals surface area contributed by atoms with Crippen LogP contribution < -0.4 is 0 Å². The van der Waals surface area contributed by atoms with Gasteiger partial charge in [0, 0.05) is 17.9 Å². The van der Waals surface area contributed by atoms with E-state index >= 15 is 0 Å². The molecule has 1 aromatic heterocycles. The van der Waals surface area contributed by atoms with Crippen molar-refractivity contribution in [1.29, 1.82) is 0 Å². The molecule has 3 nitrogen and oxygen atoms in total. The fourth-order valence-electron chi connectivity index (χ4n) is 1.55. The minimum absolute atomic E-state index is 0.0315. The Labute approximate surface area is 110 Å². The zero-order valence-corrected chi connectivity index (χ0v) is 12.5. The van der Waals surface area contributed by atoms with E-state index in [4.69, 9.17) is 4.52 Å². The van der Waals surface area contributed by atoms with Gasteiger partial charge in [0.15, 0.2) is 0 Å². The van der Waals surface area contributed by atoms with Crippen LogP contribution in [0.25, 0.3) is 0 Å². The molecule has 0 saturated carbocycles. The van der Waals surface area contributed by atoms with E-state index < -0.39 is 0 Å². The second kappa shape index (κ2) is 5.25. The van der Waals surface area contributed by atoms with E-state index in [-0.39, 0.29) is 16.6 Å². The Bertz CT molecular complexity index is 405. The summed E-state index contributed by atoms with van der Waals surface area (Å²) in [6, 6.07) is 1.90. The molecule has 0 aliphatic heterocycles. The van der Waals surface area contributed by atoms with Crippen LogP contribution in [0.15, 0.2) is 10.6 Å². The molecule has 0 amide bonds. The Hall–Kier alpha value is -1.12. The van der Waals surface area contributed by atoms with Crippen molar-refractivity contribution >= 4 is 5.78 Å². The lowest BCUT2D eigenvalue weighted by molar-refractivity contribution is -0.119. The summed E-state index contributed by atoms with van der Waals surface area (Å²) < 4.78 is 5.22. The maximum absolute atomic E-state index is 11.8. The Morgan fingerprint density at radius 2 is 1.83 bits per heavy atom. The van der Waals surface area contributed by atoms with Crippen LogP contribution in [-0.2, 0) is 16.6 Å². The SMILES string of the molecule is CC(C)(C)CCC(=O)Cc1cc(C(C)(C)C)no1. The zero-order valence-electron chi connectivity index (χ0n) is 12.5. The molecule has 102 valence electrons. The number of hydrogen-bond donors (Lipinski definition) is 0. The van der Waals surface area contributed by atoms with Gasteiger partial charge in [-0.25, -0.2) is 0 Å². The van der Waals surface area contributed by atoms with Gasteiger partial charge in [0.2, 0.25) is 0 Å². The molecule has 1 heterocycles. The fraction of sp³-hybridized carbons (Fsp3) is 0.733. The van der Waals surface area contributed by atoms with Crippen molar-refractivity contribution < 1.29 is 9.32 Å². The summed E-state index contributed by atoms with van der Waals surface area (Å²) >= 11 is 0. The minimum Gasteiger partial charge on any atom is -0.361 e. The summed E-state index contributed by atoms with van der Waals surface area (Å²) in [5.74, 6) is 0.903. The number of aromatic nitrogens is 1. The van der Waals surface area contributed by atoms with Crippen molar-refractivity contribution in [3.05, 3.63) is 17.5 Å². The smallest absolute Gasteiger partial charge is 0.144 e. The number of Topliss-reactive ketones (excluding diaryl/α,β-unsaturated/α-hetero) is 1. The molecule has 0 saturated heterocycles. The van der Waals surface area contributed by atoms with Crippen molar-refractivity contribution in [3.63, 3.8) is 0 Å².